The Labute approximate surface area is 206 Å². The van der Waals surface area contributed by atoms with Gasteiger partial charge in [0.25, 0.3) is 11.8 Å². The van der Waals surface area contributed by atoms with Gasteiger partial charge in [-0.2, -0.15) is 0 Å². The van der Waals surface area contributed by atoms with Gasteiger partial charge in [-0.05, 0) is 55.5 Å². The molecule has 5 aromatic rings. The fourth-order valence-corrected chi connectivity index (χ4v) is 3.71. The Hall–Kier alpha value is -4.92. The van der Waals surface area contributed by atoms with Crippen LogP contribution in [0.25, 0.3) is 11.0 Å². The summed E-state index contributed by atoms with van der Waals surface area (Å²) in [7, 11) is 0. The number of aromatic nitrogens is 5. The Morgan fingerprint density at radius 1 is 0.917 bits per heavy atom. The van der Waals surface area contributed by atoms with Crippen molar-refractivity contribution >= 4 is 22.7 Å². The van der Waals surface area contributed by atoms with Gasteiger partial charge >= 0.3 is 0 Å². The predicted octanol–water partition coefficient (Wildman–Crippen LogP) is 4.13. The Balaban J connectivity index is 1.27. The fraction of sp³-hybridized carbons (Fsp3) is 0.111. The first-order valence-electron chi connectivity index (χ1n) is 11.4. The molecular formula is C27H22N6O3. The van der Waals surface area contributed by atoms with E-state index in [0.717, 1.165) is 16.7 Å². The minimum Gasteiger partial charge on any atom is -0.437 e. The Morgan fingerprint density at radius 3 is 2.47 bits per heavy atom. The van der Waals surface area contributed by atoms with Crippen molar-refractivity contribution in [2.24, 2.45) is 0 Å². The minimum absolute atomic E-state index is 0.0628. The normalized spacial score (nSPS) is 11.7. The summed E-state index contributed by atoms with van der Waals surface area (Å²) in [6.45, 7) is 1.89. The topological polar surface area (TPSA) is 123 Å². The SMILES string of the molecule is CC(Cc1ccccn1)NC(=O)c1nccnc1Oc1ccc(C(=O)c2nc3ccccc3[nH]2)cc1. The summed E-state index contributed by atoms with van der Waals surface area (Å²) >= 11 is 0. The lowest BCUT2D eigenvalue weighted by molar-refractivity contribution is 0.0931. The number of pyridine rings is 1. The van der Waals surface area contributed by atoms with Gasteiger partial charge in [0.2, 0.25) is 5.78 Å². The van der Waals surface area contributed by atoms with E-state index in [2.05, 4.69) is 30.2 Å². The summed E-state index contributed by atoms with van der Waals surface area (Å²) in [6, 6.07) is 19.5. The molecule has 0 fully saturated rings. The molecule has 0 aliphatic rings. The van der Waals surface area contributed by atoms with Crippen LogP contribution in [0.15, 0.2) is 85.3 Å². The number of ketones is 1. The largest absolute Gasteiger partial charge is 0.437 e. The number of ether oxygens (including phenoxy) is 1. The van der Waals surface area contributed by atoms with E-state index < -0.39 is 5.91 Å². The van der Waals surface area contributed by atoms with Crippen LogP contribution in [0.4, 0.5) is 0 Å². The van der Waals surface area contributed by atoms with Crippen molar-refractivity contribution in [1.29, 1.82) is 0 Å². The maximum absolute atomic E-state index is 12.9. The lowest BCUT2D eigenvalue weighted by atomic mass is 10.1. The van der Waals surface area contributed by atoms with E-state index >= 15 is 0 Å². The lowest BCUT2D eigenvalue weighted by Crippen LogP contribution is -2.35. The number of nitrogens with one attached hydrogen (secondary N) is 2. The molecule has 0 aliphatic heterocycles. The van der Waals surface area contributed by atoms with E-state index in [1.54, 1.807) is 30.5 Å². The van der Waals surface area contributed by atoms with Crippen molar-refractivity contribution in [3.63, 3.8) is 0 Å². The number of imidazole rings is 1. The molecule has 0 saturated heterocycles. The molecule has 0 bridgehead atoms. The van der Waals surface area contributed by atoms with Gasteiger partial charge in [0.15, 0.2) is 11.5 Å². The number of H-pyrrole nitrogens is 1. The highest BCUT2D eigenvalue weighted by molar-refractivity contribution is 6.08. The highest BCUT2D eigenvalue weighted by atomic mass is 16.5. The molecule has 5 rings (SSSR count). The van der Waals surface area contributed by atoms with Gasteiger partial charge in [-0.15, -0.1) is 0 Å². The van der Waals surface area contributed by atoms with Crippen molar-refractivity contribution in [3.05, 3.63) is 108 Å². The minimum atomic E-state index is -0.404. The summed E-state index contributed by atoms with van der Waals surface area (Å²) in [4.78, 5) is 45.7. The summed E-state index contributed by atoms with van der Waals surface area (Å²) in [5.41, 5.74) is 2.90. The summed E-state index contributed by atoms with van der Waals surface area (Å²) < 4.78 is 5.84. The zero-order valence-electron chi connectivity index (χ0n) is 19.4. The molecule has 0 spiro atoms. The van der Waals surface area contributed by atoms with Crippen LogP contribution in [0.2, 0.25) is 0 Å². The van der Waals surface area contributed by atoms with Gasteiger partial charge in [-0.3, -0.25) is 14.6 Å². The van der Waals surface area contributed by atoms with Gasteiger partial charge in [0.1, 0.15) is 5.75 Å². The second kappa shape index (κ2) is 10.1. The smallest absolute Gasteiger partial charge is 0.275 e. The summed E-state index contributed by atoms with van der Waals surface area (Å²) in [6.07, 6.45) is 5.17. The molecule has 3 heterocycles. The monoisotopic (exact) mass is 478 g/mol. The molecule has 1 amide bonds. The molecule has 2 N–H and O–H groups in total. The van der Waals surface area contributed by atoms with E-state index in [1.807, 2.05) is 49.4 Å². The molecule has 178 valence electrons. The highest BCUT2D eigenvalue weighted by Gasteiger charge is 2.19. The Kier molecular flexibility index (Phi) is 6.44. The average Bonchev–Trinajstić information content (AvgIpc) is 3.34. The number of fused-ring (bicyclic) bond motifs is 1. The highest BCUT2D eigenvalue weighted by Crippen LogP contribution is 2.23. The number of carbonyl (C=O) groups is 2. The maximum Gasteiger partial charge on any atom is 0.275 e. The van der Waals surface area contributed by atoms with E-state index in [4.69, 9.17) is 4.74 Å². The molecule has 1 unspecified atom stereocenters. The van der Waals surface area contributed by atoms with E-state index in [1.165, 1.54) is 12.4 Å². The van der Waals surface area contributed by atoms with Crippen molar-refractivity contribution in [2.75, 3.05) is 0 Å². The number of aromatic amines is 1. The molecule has 1 atom stereocenters. The van der Waals surface area contributed by atoms with Gasteiger partial charge in [0, 0.05) is 42.3 Å². The molecule has 36 heavy (non-hydrogen) atoms. The predicted molar refractivity (Wildman–Crippen MR) is 133 cm³/mol. The van der Waals surface area contributed by atoms with Crippen LogP contribution in [0.1, 0.15) is 39.3 Å². The molecule has 3 aromatic heterocycles. The number of carbonyl (C=O) groups excluding carboxylic acids is 2. The number of rotatable bonds is 8. The van der Waals surface area contributed by atoms with Crippen LogP contribution in [0.3, 0.4) is 0 Å². The second-order valence-electron chi connectivity index (χ2n) is 8.17. The molecule has 9 nitrogen and oxygen atoms in total. The lowest BCUT2D eigenvalue weighted by Gasteiger charge is -2.14. The number of amides is 1. The van der Waals surface area contributed by atoms with Crippen LogP contribution in [0.5, 0.6) is 11.6 Å². The van der Waals surface area contributed by atoms with Crippen LogP contribution in [-0.2, 0) is 6.42 Å². The van der Waals surface area contributed by atoms with Crippen LogP contribution >= 0.6 is 0 Å². The Morgan fingerprint density at radius 2 is 1.69 bits per heavy atom. The van der Waals surface area contributed by atoms with E-state index in [0.29, 0.717) is 17.7 Å². The molecule has 0 radical (unpaired) electrons. The first kappa shape index (κ1) is 22.9. The molecular weight excluding hydrogens is 456 g/mol. The van der Waals surface area contributed by atoms with Crippen molar-refractivity contribution < 1.29 is 14.3 Å². The van der Waals surface area contributed by atoms with E-state index in [-0.39, 0.29) is 29.2 Å². The third-order valence-electron chi connectivity index (χ3n) is 5.43. The van der Waals surface area contributed by atoms with Gasteiger partial charge in [0.05, 0.1) is 11.0 Å². The zero-order valence-corrected chi connectivity index (χ0v) is 19.4. The fourth-order valence-electron chi connectivity index (χ4n) is 3.71. The summed E-state index contributed by atoms with van der Waals surface area (Å²) in [5.74, 6) is 0.0960. The molecule has 2 aromatic carbocycles. The number of para-hydroxylation sites is 2. The van der Waals surface area contributed by atoms with Gasteiger partial charge < -0.3 is 15.0 Å². The summed E-state index contributed by atoms with van der Waals surface area (Å²) in [5, 5.41) is 2.91. The quantitative estimate of drug-likeness (QED) is 0.322. The van der Waals surface area contributed by atoms with Crippen LogP contribution in [-0.4, -0.2) is 42.7 Å². The first-order valence-corrected chi connectivity index (χ1v) is 11.4. The number of hydrogen-bond donors (Lipinski definition) is 2. The average molecular weight is 479 g/mol. The van der Waals surface area contributed by atoms with Crippen LogP contribution < -0.4 is 10.1 Å². The number of hydrogen-bond acceptors (Lipinski definition) is 7. The standard InChI is InChI=1S/C27H22N6O3/c1-17(16-19-6-4-5-13-28-19)31-26(35)23-27(30-15-14-29-23)36-20-11-9-18(10-12-20)24(34)25-32-21-7-2-3-8-22(21)33-25/h2-15,17H,16H2,1H3,(H,31,35)(H,32,33). The van der Waals surface area contributed by atoms with Crippen LogP contribution in [0, 0.1) is 0 Å². The second-order valence-corrected chi connectivity index (χ2v) is 8.17. The third-order valence-corrected chi connectivity index (χ3v) is 5.43. The molecule has 0 aliphatic carbocycles. The Bertz CT molecular complexity index is 1480. The maximum atomic E-state index is 12.9. The zero-order chi connectivity index (χ0) is 24.9. The van der Waals surface area contributed by atoms with Gasteiger partial charge in [-0.1, -0.05) is 18.2 Å². The number of nitrogens with zero attached hydrogens (tertiary/aromatic N) is 4. The third kappa shape index (κ3) is 5.10. The van der Waals surface area contributed by atoms with Crippen molar-refractivity contribution in [2.45, 2.75) is 19.4 Å². The number of benzene rings is 2. The van der Waals surface area contributed by atoms with Crippen molar-refractivity contribution in [1.82, 2.24) is 30.2 Å². The molecule has 9 heteroatoms. The van der Waals surface area contributed by atoms with Crippen molar-refractivity contribution in [3.8, 4) is 11.6 Å². The molecule has 0 saturated carbocycles. The van der Waals surface area contributed by atoms with Gasteiger partial charge in [-0.25, -0.2) is 15.0 Å². The first-order chi connectivity index (χ1) is 17.6. The van der Waals surface area contributed by atoms with E-state index in [9.17, 15) is 9.59 Å².